The molecule has 0 aromatic rings. The van der Waals surface area contributed by atoms with E-state index in [1.165, 1.54) is 32.8 Å². The molecule has 0 saturated carbocycles. The van der Waals surface area contributed by atoms with E-state index in [0.29, 0.717) is 6.42 Å². The molecule has 2 nitrogen and oxygen atoms in total. The molecule has 23 heavy (non-hydrogen) atoms. The molecule has 0 radical (unpaired) electrons. The van der Waals surface area contributed by atoms with E-state index in [2.05, 4.69) is 60.3 Å². The SMILES string of the molecule is CCCCCC=CCC=CCC=CC/C=C\CCCC(=O)OC. The number of hydrogen-bond donors (Lipinski definition) is 0. The summed E-state index contributed by atoms with van der Waals surface area (Å²) in [4.78, 5) is 10.9. The van der Waals surface area contributed by atoms with Crippen LogP contribution in [0.4, 0.5) is 0 Å². The summed E-state index contributed by atoms with van der Waals surface area (Å²) in [5.41, 5.74) is 0. The molecule has 0 amide bonds. The van der Waals surface area contributed by atoms with Crippen LogP contribution in [0, 0.1) is 0 Å². The quantitative estimate of drug-likeness (QED) is 0.213. The van der Waals surface area contributed by atoms with Crippen molar-refractivity contribution in [3.63, 3.8) is 0 Å². The Morgan fingerprint density at radius 1 is 0.739 bits per heavy atom. The van der Waals surface area contributed by atoms with E-state index >= 15 is 0 Å². The Balaban J connectivity index is 3.42. The highest BCUT2D eigenvalue weighted by Gasteiger charge is 1.96. The van der Waals surface area contributed by atoms with E-state index in [-0.39, 0.29) is 5.97 Å². The Hall–Kier alpha value is -1.57. The maximum absolute atomic E-state index is 10.9. The molecule has 0 aliphatic rings. The van der Waals surface area contributed by atoms with Gasteiger partial charge in [-0.05, 0) is 44.9 Å². The Bertz CT molecular complexity index is 375. The zero-order valence-electron chi connectivity index (χ0n) is 15.0. The van der Waals surface area contributed by atoms with Crippen LogP contribution in [0.25, 0.3) is 0 Å². The summed E-state index contributed by atoms with van der Waals surface area (Å²) in [5.74, 6) is -0.124. The molecule has 0 atom stereocenters. The van der Waals surface area contributed by atoms with Gasteiger partial charge in [-0.3, -0.25) is 4.79 Å². The minimum Gasteiger partial charge on any atom is -0.469 e. The summed E-state index contributed by atoms with van der Waals surface area (Å²) in [5, 5.41) is 0. The number of carbonyl (C=O) groups is 1. The van der Waals surface area contributed by atoms with Crippen molar-refractivity contribution in [2.45, 2.75) is 71.1 Å². The molecule has 0 aliphatic heterocycles. The third-order valence-electron chi connectivity index (χ3n) is 3.44. The highest BCUT2D eigenvalue weighted by atomic mass is 16.5. The Labute approximate surface area is 143 Å². The van der Waals surface area contributed by atoms with Crippen molar-refractivity contribution in [3.8, 4) is 0 Å². The molecule has 2 heteroatoms. The molecule has 130 valence electrons. The van der Waals surface area contributed by atoms with E-state index in [9.17, 15) is 4.79 Å². The zero-order valence-corrected chi connectivity index (χ0v) is 15.0. The monoisotopic (exact) mass is 318 g/mol. The fourth-order valence-corrected chi connectivity index (χ4v) is 2.03. The molecule has 0 rings (SSSR count). The molecule has 0 aromatic carbocycles. The van der Waals surface area contributed by atoms with E-state index in [1.807, 2.05) is 0 Å². The first-order valence-electron chi connectivity index (χ1n) is 8.98. The molecule has 0 aromatic heterocycles. The van der Waals surface area contributed by atoms with Gasteiger partial charge in [-0.2, -0.15) is 0 Å². The molecule has 0 aliphatic carbocycles. The molecule has 0 saturated heterocycles. The van der Waals surface area contributed by atoms with Crippen LogP contribution in [-0.4, -0.2) is 13.1 Å². The van der Waals surface area contributed by atoms with E-state index in [0.717, 1.165) is 32.1 Å². The Morgan fingerprint density at radius 2 is 1.22 bits per heavy atom. The fraction of sp³-hybridized carbons (Fsp3) is 0.571. The third-order valence-corrected chi connectivity index (χ3v) is 3.44. The summed E-state index contributed by atoms with van der Waals surface area (Å²) in [6.45, 7) is 2.24. The van der Waals surface area contributed by atoms with Gasteiger partial charge in [0.1, 0.15) is 0 Å². The first-order chi connectivity index (χ1) is 11.3. The van der Waals surface area contributed by atoms with Crippen molar-refractivity contribution in [1.82, 2.24) is 0 Å². The van der Waals surface area contributed by atoms with Gasteiger partial charge >= 0.3 is 5.97 Å². The van der Waals surface area contributed by atoms with Crippen molar-refractivity contribution in [2.24, 2.45) is 0 Å². The Morgan fingerprint density at radius 3 is 1.70 bits per heavy atom. The van der Waals surface area contributed by atoms with Crippen LogP contribution in [0.15, 0.2) is 48.6 Å². The maximum Gasteiger partial charge on any atom is 0.305 e. The first-order valence-corrected chi connectivity index (χ1v) is 8.98. The minimum absolute atomic E-state index is 0.124. The summed E-state index contributed by atoms with van der Waals surface area (Å²) < 4.78 is 4.59. The molecule has 0 bridgehead atoms. The normalized spacial score (nSPS) is 12.3. The van der Waals surface area contributed by atoms with Gasteiger partial charge in [0.05, 0.1) is 7.11 Å². The number of carbonyl (C=O) groups excluding carboxylic acids is 1. The molecule has 0 spiro atoms. The van der Waals surface area contributed by atoms with Crippen LogP contribution >= 0.6 is 0 Å². The lowest BCUT2D eigenvalue weighted by Gasteiger charge is -1.95. The van der Waals surface area contributed by atoms with Gasteiger partial charge in [-0.1, -0.05) is 68.4 Å². The predicted molar refractivity (Wildman–Crippen MR) is 100 cm³/mol. The van der Waals surface area contributed by atoms with Crippen molar-refractivity contribution < 1.29 is 9.53 Å². The number of unbranched alkanes of at least 4 members (excludes halogenated alkanes) is 4. The van der Waals surface area contributed by atoms with Crippen molar-refractivity contribution in [1.29, 1.82) is 0 Å². The van der Waals surface area contributed by atoms with Gasteiger partial charge in [0, 0.05) is 6.42 Å². The molecule has 0 N–H and O–H groups in total. The molecular weight excluding hydrogens is 284 g/mol. The van der Waals surface area contributed by atoms with Gasteiger partial charge in [0.25, 0.3) is 0 Å². The standard InChI is InChI=1S/C21H34O2/c1-3-4-5-6-7-8-9-10-11-12-13-14-15-16-17-18-19-20-21(22)23-2/h7-8,10-11,13-14,16-17H,3-6,9,12,15,18-20H2,1-2H3/b8-7?,11-10?,14-13?,17-16-. The number of ether oxygens (including phenoxy) is 1. The molecule has 0 fully saturated rings. The molecule has 0 heterocycles. The Kier molecular flexibility index (Phi) is 17.2. The van der Waals surface area contributed by atoms with Crippen molar-refractivity contribution in [2.75, 3.05) is 7.11 Å². The predicted octanol–water partition coefficient (Wildman–Crippen LogP) is 6.31. The van der Waals surface area contributed by atoms with Crippen LogP contribution in [-0.2, 0) is 9.53 Å². The van der Waals surface area contributed by atoms with Gasteiger partial charge in [0.2, 0.25) is 0 Å². The second-order valence-corrected chi connectivity index (χ2v) is 5.56. The summed E-state index contributed by atoms with van der Waals surface area (Å²) in [7, 11) is 1.43. The van der Waals surface area contributed by atoms with Gasteiger partial charge in [0.15, 0.2) is 0 Å². The second-order valence-electron chi connectivity index (χ2n) is 5.56. The highest BCUT2D eigenvalue weighted by Crippen LogP contribution is 2.01. The molecular formula is C21H34O2. The average Bonchev–Trinajstić information content (AvgIpc) is 2.57. The summed E-state index contributed by atoms with van der Waals surface area (Å²) in [6, 6.07) is 0. The second kappa shape index (κ2) is 18.5. The summed E-state index contributed by atoms with van der Waals surface area (Å²) in [6.07, 6.45) is 28.1. The number of methoxy groups -OCH3 is 1. The lowest BCUT2D eigenvalue weighted by Crippen LogP contribution is -1.98. The minimum atomic E-state index is -0.124. The molecule has 0 unspecified atom stereocenters. The van der Waals surface area contributed by atoms with Crippen LogP contribution in [0.3, 0.4) is 0 Å². The smallest absolute Gasteiger partial charge is 0.305 e. The maximum atomic E-state index is 10.9. The third kappa shape index (κ3) is 18.4. The number of hydrogen-bond acceptors (Lipinski definition) is 2. The van der Waals surface area contributed by atoms with E-state index < -0.39 is 0 Å². The average molecular weight is 319 g/mol. The first kappa shape index (κ1) is 21.4. The van der Waals surface area contributed by atoms with Gasteiger partial charge in [-0.25, -0.2) is 0 Å². The van der Waals surface area contributed by atoms with Crippen LogP contribution in [0.2, 0.25) is 0 Å². The van der Waals surface area contributed by atoms with E-state index in [1.54, 1.807) is 0 Å². The fourth-order valence-electron chi connectivity index (χ4n) is 2.03. The van der Waals surface area contributed by atoms with E-state index in [4.69, 9.17) is 0 Å². The van der Waals surface area contributed by atoms with Crippen LogP contribution in [0.1, 0.15) is 71.1 Å². The van der Waals surface area contributed by atoms with Crippen molar-refractivity contribution >= 4 is 5.97 Å². The van der Waals surface area contributed by atoms with Gasteiger partial charge < -0.3 is 4.74 Å². The number of rotatable bonds is 14. The zero-order chi connectivity index (χ0) is 17.0. The van der Waals surface area contributed by atoms with Crippen LogP contribution in [0.5, 0.6) is 0 Å². The highest BCUT2D eigenvalue weighted by molar-refractivity contribution is 5.69. The van der Waals surface area contributed by atoms with Gasteiger partial charge in [-0.15, -0.1) is 0 Å². The van der Waals surface area contributed by atoms with Crippen molar-refractivity contribution in [3.05, 3.63) is 48.6 Å². The largest absolute Gasteiger partial charge is 0.469 e. The van der Waals surface area contributed by atoms with Crippen LogP contribution < -0.4 is 0 Å². The lowest BCUT2D eigenvalue weighted by atomic mass is 10.2. The lowest BCUT2D eigenvalue weighted by molar-refractivity contribution is -0.140. The summed E-state index contributed by atoms with van der Waals surface area (Å²) >= 11 is 0. The number of esters is 1. The topological polar surface area (TPSA) is 26.3 Å². The number of allylic oxidation sites excluding steroid dienone is 8.